The fraction of sp³-hybridized carbons (Fsp3) is 0.133. The molecule has 5 heteroatoms. The van der Waals surface area contributed by atoms with Crippen molar-refractivity contribution < 1.29 is 13.2 Å². The zero-order valence-electron chi connectivity index (χ0n) is 10.2. The van der Waals surface area contributed by atoms with E-state index >= 15 is 0 Å². The molecule has 0 N–H and O–H groups in total. The third-order valence-corrected chi connectivity index (χ3v) is 3.10. The molecule has 1 nitrogen and oxygen atoms in total. The van der Waals surface area contributed by atoms with Gasteiger partial charge in [-0.3, -0.25) is 0 Å². The quantitative estimate of drug-likeness (QED) is 0.779. The highest BCUT2D eigenvalue weighted by Gasteiger charge is 2.29. The number of benzene rings is 2. The van der Waals surface area contributed by atoms with Crippen LogP contribution in [0.5, 0.6) is 0 Å². The first-order valence-corrected chi connectivity index (χ1v) is 6.12. The molecule has 2 aromatic carbocycles. The molecule has 0 aliphatic carbocycles. The summed E-state index contributed by atoms with van der Waals surface area (Å²) in [6.07, 6.45) is -3.98. The lowest BCUT2D eigenvalue weighted by Gasteiger charge is -2.08. The Labute approximate surface area is 119 Å². The molecule has 0 saturated carbocycles. The first-order valence-electron chi connectivity index (χ1n) is 5.75. The minimum absolute atomic E-state index is 0.363. The van der Waals surface area contributed by atoms with Crippen molar-refractivity contribution >= 4 is 11.6 Å². The second-order valence-corrected chi connectivity index (χ2v) is 4.72. The monoisotopic (exact) mass is 295 g/mol. The van der Waals surface area contributed by atoms with Gasteiger partial charge in [-0.15, -0.1) is 0 Å². The lowest BCUT2D eigenvalue weighted by molar-refractivity contribution is -0.137. The number of hydrogen-bond donors (Lipinski definition) is 0. The van der Waals surface area contributed by atoms with E-state index in [4.69, 9.17) is 16.9 Å². The van der Waals surface area contributed by atoms with Crippen molar-refractivity contribution in [2.75, 3.05) is 0 Å². The average molecular weight is 296 g/mol. The molecular weight excluding hydrogens is 287 g/mol. The maximum Gasteiger partial charge on any atom is 0.416 e. The zero-order valence-corrected chi connectivity index (χ0v) is 11.0. The van der Waals surface area contributed by atoms with E-state index in [-0.39, 0.29) is 0 Å². The molecule has 0 aliphatic heterocycles. The fourth-order valence-corrected chi connectivity index (χ4v) is 2.04. The van der Waals surface area contributed by atoms with Crippen molar-refractivity contribution in [3.63, 3.8) is 0 Å². The normalized spacial score (nSPS) is 11.2. The highest BCUT2D eigenvalue weighted by Crippen LogP contribution is 2.29. The lowest BCUT2D eigenvalue weighted by atomic mass is 9.99. The van der Waals surface area contributed by atoms with E-state index < -0.39 is 11.7 Å². The van der Waals surface area contributed by atoms with Crippen LogP contribution in [0.1, 0.15) is 22.3 Å². The van der Waals surface area contributed by atoms with Gasteiger partial charge in [0, 0.05) is 5.02 Å². The van der Waals surface area contributed by atoms with Gasteiger partial charge in [0.15, 0.2) is 0 Å². The fourth-order valence-electron chi connectivity index (χ4n) is 1.85. The molecule has 0 amide bonds. The Morgan fingerprint density at radius 2 is 1.70 bits per heavy atom. The molecule has 0 aliphatic rings. The van der Waals surface area contributed by atoms with Gasteiger partial charge in [-0.1, -0.05) is 23.7 Å². The van der Waals surface area contributed by atoms with Crippen LogP contribution in [-0.4, -0.2) is 0 Å². The second-order valence-electron chi connectivity index (χ2n) is 4.28. The number of rotatable bonds is 2. The minimum Gasteiger partial charge on any atom is -0.192 e. The van der Waals surface area contributed by atoms with Crippen LogP contribution >= 0.6 is 11.6 Å². The Balaban J connectivity index is 2.27. The van der Waals surface area contributed by atoms with Gasteiger partial charge >= 0.3 is 6.18 Å². The molecule has 0 aromatic heterocycles. The molecule has 0 spiro atoms. The average Bonchev–Trinajstić information content (AvgIpc) is 2.38. The van der Waals surface area contributed by atoms with Gasteiger partial charge in [0.2, 0.25) is 0 Å². The molecule has 2 aromatic rings. The van der Waals surface area contributed by atoms with Gasteiger partial charge in [0.25, 0.3) is 0 Å². The minimum atomic E-state index is -4.34. The number of halogens is 4. The molecule has 102 valence electrons. The van der Waals surface area contributed by atoms with Gasteiger partial charge in [-0.05, 0) is 47.9 Å². The van der Waals surface area contributed by atoms with E-state index in [9.17, 15) is 13.2 Å². The predicted molar refractivity (Wildman–Crippen MR) is 70.4 cm³/mol. The summed E-state index contributed by atoms with van der Waals surface area (Å²) in [6.45, 7) is 0. The molecule has 0 saturated heterocycles. The zero-order chi connectivity index (χ0) is 14.8. The van der Waals surface area contributed by atoms with Crippen LogP contribution in [0.25, 0.3) is 0 Å². The largest absolute Gasteiger partial charge is 0.416 e. The smallest absolute Gasteiger partial charge is 0.192 e. The van der Waals surface area contributed by atoms with E-state index in [1.165, 1.54) is 12.1 Å². The van der Waals surface area contributed by atoms with Crippen LogP contribution in [0.3, 0.4) is 0 Å². The van der Waals surface area contributed by atoms with Gasteiger partial charge in [-0.25, -0.2) is 0 Å². The number of hydrogen-bond acceptors (Lipinski definition) is 1. The predicted octanol–water partition coefficient (Wildman–Crippen LogP) is 4.82. The van der Waals surface area contributed by atoms with Crippen LogP contribution in [0.15, 0.2) is 42.5 Å². The molecule has 0 atom stereocenters. The summed E-state index contributed by atoms with van der Waals surface area (Å²) in [5.74, 6) is 0. The summed E-state index contributed by atoms with van der Waals surface area (Å²) in [7, 11) is 0. The standard InChI is InChI=1S/C15H9ClF3N/c16-14-6-3-11(9-20)12(8-14)7-10-1-4-13(5-2-10)15(17,18)19/h1-6,8H,7H2. The van der Waals surface area contributed by atoms with E-state index in [0.29, 0.717) is 28.1 Å². The SMILES string of the molecule is N#Cc1ccc(Cl)cc1Cc1ccc(C(F)(F)F)cc1. The summed E-state index contributed by atoms with van der Waals surface area (Å²) in [6, 6.07) is 11.8. The van der Waals surface area contributed by atoms with Gasteiger partial charge < -0.3 is 0 Å². The van der Waals surface area contributed by atoms with E-state index in [0.717, 1.165) is 12.1 Å². The second kappa shape index (κ2) is 5.56. The molecule has 2 rings (SSSR count). The molecule has 0 bridgehead atoms. The molecule has 0 radical (unpaired) electrons. The Morgan fingerprint density at radius 1 is 1.05 bits per heavy atom. The van der Waals surface area contributed by atoms with Crippen molar-refractivity contribution in [3.05, 3.63) is 69.7 Å². The van der Waals surface area contributed by atoms with E-state index in [1.807, 2.05) is 6.07 Å². The first kappa shape index (κ1) is 14.4. The number of nitriles is 1. The van der Waals surface area contributed by atoms with Crippen molar-refractivity contribution in [1.82, 2.24) is 0 Å². The third-order valence-electron chi connectivity index (χ3n) is 2.86. The highest BCUT2D eigenvalue weighted by atomic mass is 35.5. The van der Waals surface area contributed by atoms with Crippen LogP contribution in [0.4, 0.5) is 13.2 Å². The van der Waals surface area contributed by atoms with Crippen LogP contribution in [0.2, 0.25) is 5.02 Å². The number of alkyl halides is 3. The molecular formula is C15H9ClF3N. The maximum atomic E-state index is 12.5. The first-order chi connectivity index (χ1) is 9.40. The Bertz CT molecular complexity index is 654. The molecule has 0 unspecified atom stereocenters. The summed E-state index contributed by atoms with van der Waals surface area (Å²) >= 11 is 5.87. The number of nitrogens with zero attached hydrogens (tertiary/aromatic N) is 1. The van der Waals surface area contributed by atoms with E-state index in [2.05, 4.69) is 0 Å². The molecule has 0 heterocycles. The van der Waals surface area contributed by atoms with Crippen LogP contribution in [-0.2, 0) is 12.6 Å². The van der Waals surface area contributed by atoms with Crippen molar-refractivity contribution in [2.45, 2.75) is 12.6 Å². The van der Waals surface area contributed by atoms with Crippen LogP contribution in [0, 0.1) is 11.3 Å². The summed E-state index contributed by atoms with van der Waals surface area (Å²) < 4.78 is 37.4. The van der Waals surface area contributed by atoms with Crippen molar-refractivity contribution in [3.8, 4) is 6.07 Å². The van der Waals surface area contributed by atoms with Crippen molar-refractivity contribution in [2.24, 2.45) is 0 Å². The Morgan fingerprint density at radius 3 is 2.25 bits per heavy atom. The third kappa shape index (κ3) is 3.31. The summed E-state index contributed by atoms with van der Waals surface area (Å²) in [5, 5.41) is 9.49. The summed E-state index contributed by atoms with van der Waals surface area (Å²) in [5.41, 5.74) is 1.17. The van der Waals surface area contributed by atoms with Crippen molar-refractivity contribution in [1.29, 1.82) is 5.26 Å². The van der Waals surface area contributed by atoms with Crippen LogP contribution < -0.4 is 0 Å². The molecule has 20 heavy (non-hydrogen) atoms. The highest BCUT2D eigenvalue weighted by molar-refractivity contribution is 6.30. The topological polar surface area (TPSA) is 23.8 Å². The van der Waals surface area contributed by atoms with Gasteiger partial charge in [-0.2, -0.15) is 18.4 Å². The lowest BCUT2D eigenvalue weighted by Crippen LogP contribution is -2.04. The Hall–Kier alpha value is -1.99. The maximum absolute atomic E-state index is 12.5. The summed E-state index contributed by atoms with van der Waals surface area (Å²) in [4.78, 5) is 0. The van der Waals surface area contributed by atoms with E-state index in [1.54, 1.807) is 18.2 Å². The van der Waals surface area contributed by atoms with Gasteiger partial charge in [0.05, 0.1) is 17.2 Å². The van der Waals surface area contributed by atoms with Gasteiger partial charge in [0.1, 0.15) is 0 Å². The molecule has 0 fully saturated rings. The Kier molecular flexibility index (Phi) is 4.01.